The number of hydrogen-bond acceptors (Lipinski definition) is 6. The highest BCUT2D eigenvalue weighted by molar-refractivity contribution is 7.14. The van der Waals surface area contributed by atoms with Gasteiger partial charge in [-0.05, 0) is 93.7 Å². The fraction of sp³-hybridized carbons (Fsp3) is 0.519. The molecule has 8 heteroatoms. The number of amides is 2. The van der Waals surface area contributed by atoms with Gasteiger partial charge in [0, 0.05) is 17.0 Å². The molecule has 1 aliphatic heterocycles. The van der Waals surface area contributed by atoms with Crippen LogP contribution in [-0.4, -0.2) is 48.7 Å². The summed E-state index contributed by atoms with van der Waals surface area (Å²) in [6.45, 7) is 6.41. The van der Waals surface area contributed by atoms with Crippen molar-refractivity contribution in [2.45, 2.75) is 71.4 Å². The standard InChI is InChI=1S/C27H35N3O4S/c1-17-8-11-24-21(12-17)14-25(35-24)27(32)29-28-15-20-9-10-22(23(13-20)33-4)34-16-26(31)30-18(2)6-5-7-19(30)3/h9-10,13-15,17-19H,5-8,11-12,16H2,1-4H3,(H,29,32)/b28-15+. The first kappa shape index (κ1) is 25.2. The Balaban J connectivity index is 1.34. The Morgan fingerprint density at radius 1 is 1.14 bits per heavy atom. The third-order valence-corrected chi connectivity index (χ3v) is 8.19. The molecule has 1 aromatic carbocycles. The average molecular weight is 498 g/mol. The third-order valence-electron chi connectivity index (χ3n) is 6.95. The maximum Gasteiger partial charge on any atom is 0.281 e. The maximum atomic E-state index is 12.8. The van der Waals surface area contributed by atoms with Crippen molar-refractivity contribution >= 4 is 29.4 Å². The number of aryl methyl sites for hydroxylation is 1. The Morgan fingerprint density at radius 3 is 2.66 bits per heavy atom. The number of ether oxygens (including phenoxy) is 2. The topological polar surface area (TPSA) is 80.2 Å². The Bertz CT molecular complexity index is 1090. The highest BCUT2D eigenvalue weighted by Gasteiger charge is 2.29. The molecule has 3 atom stereocenters. The molecule has 0 spiro atoms. The van der Waals surface area contributed by atoms with Crippen molar-refractivity contribution in [2.75, 3.05) is 13.7 Å². The van der Waals surface area contributed by atoms with Crippen molar-refractivity contribution in [1.29, 1.82) is 0 Å². The molecule has 2 aliphatic rings. The Labute approximate surface area is 211 Å². The molecular formula is C27H35N3O4S. The number of thiophene rings is 1. The number of likely N-dealkylation sites (tertiary alicyclic amines) is 1. The number of nitrogens with zero attached hydrogens (tertiary/aromatic N) is 2. The fourth-order valence-electron chi connectivity index (χ4n) is 5.05. The summed E-state index contributed by atoms with van der Waals surface area (Å²) < 4.78 is 11.3. The van der Waals surface area contributed by atoms with Gasteiger partial charge in [-0.25, -0.2) is 5.43 Å². The lowest BCUT2D eigenvalue weighted by Gasteiger charge is -2.39. The molecule has 35 heavy (non-hydrogen) atoms. The van der Waals surface area contributed by atoms with Crippen LogP contribution in [0, 0.1) is 5.92 Å². The summed E-state index contributed by atoms with van der Waals surface area (Å²) in [6.07, 6.45) is 8.04. The van der Waals surface area contributed by atoms with Gasteiger partial charge in [-0.2, -0.15) is 5.10 Å². The van der Waals surface area contributed by atoms with Crippen molar-refractivity contribution in [3.05, 3.63) is 45.1 Å². The van der Waals surface area contributed by atoms with E-state index < -0.39 is 0 Å². The molecule has 4 rings (SSSR count). The van der Waals surface area contributed by atoms with E-state index in [0.717, 1.165) is 37.7 Å². The first-order chi connectivity index (χ1) is 16.9. The van der Waals surface area contributed by atoms with E-state index in [0.29, 0.717) is 22.3 Å². The molecule has 1 aromatic heterocycles. The van der Waals surface area contributed by atoms with Gasteiger partial charge in [0.2, 0.25) is 0 Å². The van der Waals surface area contributed by atoms with Crippen LogP contribution in [0.2, 0.25) is 0 Å². The van der Waals surface area contributed by atoms with E-state index in [-0.39, 0.29) is 30.5 Å². The van der Waals surface area contributed by atoms with Gasteiger partial charge >= 0.3 is 0 Å². The summed E-state index contributed by atoms with van der Waals surface area (Å²) in [5, 5.41) is 4.12. The zero-order chi connectivity index (χ0) is 24.9. The van der Waals surface area contributed by atoms with Crippen LogP contribution in [0.25, 0.3) is 0 Å². The van der Waals surface area contributed by atoms with Gasteiger partial charge in [0.1, 0.15) is 0 Å². The maximum absolute atomic E-state index is 12.8. The van der Waals surface area contributed by atoms with Crippen molar-refractivity contribution in [1.82, 2.24) is 10.3 Å². The zero-order valence-corrected chi connectivity index (χ0v) is 21.8. The smallest absolute Gasteiger partial charge is 0.281 e. The van der Waals surface area contributed by atoms with E-state index in [2.05, 4.69) is 31.3 Å². The van der Waals surface area contributed by atoms with Crippen LogP contribution < -0.4 is 14.9 Å². The molecule has 188 valence electrons. The predicted molar refractivity (Wildman–Crippen MR) is 139 cm³/mol. The summed E-state index contributed by atoms with van der Waals surface area (Å²) in [4.78, 5) is 29.3. The minimum Gasteiger partial charge on any atom is -0.493 e. The van der Waals surface area contributed by atoms with Crippen molar-refractivity contribution < 1.29 is 19.1 Å². The van der Waals surface area contributed by atoms with E-state index in [1.165, 1.54) is 16.9 Å². The van der Waals surface area contributed by atoms with Crippen molar-refractivity contribution in [3.8, 4) is 11.5 Å². The van der Waals surface area contributed by atoms with Gasteiger partial charge in [0.05, 0.1) is 18.2 Å². The molecule has 1 fully saturated rings. The van der Waals surface area contributed by atoms with Crippen LogP contribution in [0.5, 0.6) is 11.5 Å². The van der Waals surface area contributed by atoms with Crippen LogP contribution in [0.4, 0.5) is 0 Å². The van der Waals surface area contributed by atoms with Crippen LogP contribution >= 0.6 is 11.3 Å². The van der Waals surface area contributed by atoms with Crippen LogP contribution in [-0.2, 0) is 17.6 Å². The number of nitrogens with one attached hydrogen (secondary N) is 1. The Morgan fingerprint density at radius 2 is 1.91 bits per heavy atom. The number of methoxy groups -OCH3 is 1. The number of hydrogen-bond donors (Lipinski definition) is 1. The first-order valence-corrected chi connectivity index (χ1v) is 13.2. The molecule has 2 amide bonds. The largest absolute Gasteiger partial charge is 0.493 e. The lowest BCUT2D eigenvalue weighted by atomic mass is 9.90. The number of hydrazone groups is 1. The summed E-state index contributed by atoms with van der Waals surface area (Å²) in [6, 6.07) is 7.81. The molecule has 1 aliphatic carbocycles. The van der Waals surface area contributed by atoms with Crippen LogP contribution in [0.1, 0.15) is 72.1 Å². The lowest BCUT2D eigenvalue weighted by Crippen LogP contribution is -2.49. The molecule has 0 radical (unpaired) electrons. The molecule has 7 nitrogen and oxygen atoms in total. The third kappa shape index (κ3) is 6.04. The van der Waals surface area contributed by atoms with E-state index >= 15 is 0 Å². The molecular weight excluding hydrogens is 462 g/mol. The molecule has 1 saturated heterocycles. The number of rotatable bonds is 7. The zero-order valence-electron chi connectivity index (χ0n) is 21.0. The lowest BCUT2D eigenvalue weighted by molar-refractivity contribution is -0.139. The molecule has 0 bridgehead atoms. The minimum atomic E-state index is -0.195. The van der Waals surface area contributed by atoms with E-state index in [9.17, 15) is 9.59 Å². The van der Waals surface area contributed by atoms with E-state index in [1.54, 1.807) is 36.8 Å². The van der Waals surface area contributed by atoms with Gasteiger partial charge in [0.25, 0.3) is 11.8 Å². The van der Waals surface area contributed by atoms with Gasteiger partial charge in [0.15, 0.2) is 18.1 Å². The van der Waals surface area contributed by atoms with E-state index in [1.807, 2.05) is 17.0 Å². The predicted octanol–water partition coefficient (Wildman–Crippen LogP) is 4.81. The summed E-state index contributed by atoms with van der Waals surface area (Å²) >= 11 is 1.56. The van der Waals surface area contributed by atoms with Crippen molar-refractivity contribution in [3.63, 3.8) is 0 Å². The number of benzene rings is 1. The second kappa shape index (κ2) is 11.2. The summed E-state index contributed by atoms with van der Waals surface area (Å²) in [5.41, 5.74) is 4.67. The van der Waals surface area contributed by atoms with Gasteiger partial charge in [-0.3, -0.25) is 9.59 Å². The normalized spacial score (nSPS) is 22.1. The second-order valence-electron chi connectivity index (χ2n) is 9.74. The molecule has 0 saturated carbocycles. The minimum absolute atomic E-state index is 0.00943. The van der Waals surface area contributed by atoms with Gasteiger partial charge < -0.3 is 14.4 Å². The fourth-order valence-corrected chi connectivity index (χ4v) is 6.15. The highest BCUT2D eigenvalue weighted by atomic mass is 32.1. The Kier molecular flexibility index (Phi) is 8.11. The number of piperidine rings is 1. The van der Waals surface area contributed by atoms with Crippen LogP contribution in [0.15, 0.2) is 29.4 Å². The van der Waals surface area contributed by atoms with Crippen molar-refractivity contribution in [2.24, 2.45) is 11.0 Å². The average Bonchev–Trinajstić information content (AvgIpc) is 3.26. The molecule has 1 N–H and O–H groups in total. The van der Waals surface area contributed by atoms with E-state index in [4.69, 9.17) is 9.47 Å². The second-order valence-corrected chi connectivity index (χ2v) is 10.9. The Hall–Kier alpha value is -2.87. The SMILES string of the molecule is COc1cc(/C=N/NC(=O)c2cc3c(s2)CCC(C)C3)ccc1OCC(=O)N1C(C)CCCC1C. The number of carbonyl (C=O) groups is 2. The number of fused-ring (bicyclic) bond motifs is 1. The summed E-state index contributed by atoms with van der Waals surface area (Å²) in [5.74, 6) is 1.47. The quantitative estimate of drug-likeness (QED) is 0.440. The number of carbonyl (C=O) groups excluding carboxylic acids is 2. The van der Waals surface area contributed by atoms with Crippen LogP contribution in [0.3, 0.4) is 0 Å². The van der Waals surface area contributed by atoms with Gasteiger partial charge in [-0.15, -0.1) is 11.3 Å². The summed E-state index contributed by atoms with van der Waals surface area (Å²) in [7, 11) is 1.56. The van der Waals surface area contributed by atoms with Gasteiger partial charge in [-0.1, -0.05) is 6.92 Å². The molecule has 2 aromatic rings. The molecule has 3 unspecified atom stereocenters. The highest BCUT2D eigenvalue weighted by Crippen LogP contribution is 2.32. The monoisotopic (exact) mass is 497 g/mol. The first-order valence-electron chi connectivity index (χ1n) is 12.4. The molecule has 2 heterocycles.